The summed E-state index contributed by atoms with van der Waals surface area (Å²) in [4.78, 5) is 11.8. The molecule has 1 aromatic heterocycles. The van der Waals surface area contributed by atoms with Crippen LogP contribution in [0.15, 0.2) is 22.8 Å². The smallest absolute Gasteiger partial charge is 0.287 e. The van der Waals surface area contributed by atoms with Gasteiger partial charge in [0.25, 0.3) is 5.91 Å². The Kier molecular flexibility index (Phi) is 3.26. The number of hydrogen-bond donors (Lipinski definition) is 2. The van der Waals surface area contributed by atoms with Crippen LogP contribution in [0.25, 0.3) is 0 Å². The fraction of sp³-hybridized carbons (Fsp3) is 0.545. The van der Waals surface area contributed by atoms with Crippen LogP contribution in [0.4, 0.5) is 0 Å². The number of ether oxygens (including phenoxy) is 1. The minimum Gasteiger partial charge on any atom is -0.459 e. The third-order valence-electron chi connectivity index (χ3n) is 2.96. The van der Waals surface area contributed by atoms with E-state index in [2.05, 4.69) is 5.32 Å². The van der Waals surface area contributed by atoms with E-state index in [4.69, 9.17) is 14.9 Å². The molecule has 0 radical (unpaired) electrons. The second-order valence-corrected chi connectivity index (χ2v) is 4.03. The normalized spacial score (nSPS) is 19.3. The maximum atomic E-state index is 11.8. The fourth-order valence-electron chi connectivity index (χ4n) is 1.85. The summed E-state index contributed by atoms with van der Waals surface area (Å²) in [5.41, 5.74) is 5.39. The highest BCUT2D eigenvalue weighted by Crippen LogP contribution is 2.20. The summed E-state index contributed by atoms with van der Waals surface area (Å²) >= 11 is 0. The highest BCUT2D eigenvalue weighted by atomic mass is 16.5. The summed E-state index contributed by atoms with van der Waals surface area (Å²) in [5.74, 6) is 0.108. The van der Waals surface area contributed by atoms with Gasteiger partial charge in [0.2, 0.25) is 0 Å². The largest absolute Gasteiger partial charge is 0.459 e. The molecule has 0 atom stereocenters. The molecule has 1 aliphatic rings. The molecule has 0 bridgehead atoms. The highest BCUT2D eigenvalue weighted by Gasteiger charge is 2.33. The monoisotopic (exact) mass is 224 g/mol. The molecule has 0 spiro atoms. The van der Waals surface area contributed by atoms with Gasteiger partial charge in [-0.1, -0.05) is 0 Å². The second-order valence-electron chi connectivity index (χ2n) is 4.03. The number of amides is 1. The minimum atomic E-state index is -0.345. The molecule has 2 heterocycles. The highest BCUT2D eigenvalue weighted by molar-refractivity contribution is 5.91. The molecule has 0 unspecified atom stereocenters. The third kappa shape index (κ3) is 2.25. The molecule has 1 fully saturated rings. The standard InChI is InChI=1S/C11H16N2O3/c12-8-11(3-6-15-7-4-11)13-10(14)9-2-1-5-16-9/h1-2,5H,3-4,6-8,12H2,(H,13,14). The molecule has 1 aliphatic heterocycles. The number of carbonyl (C=O) groups is 1. The average Bonchev–Trinajstić information content (AvgIpc) is 2.84. The van der Waals surface area contributed by atoms with Crippen LogP contribution >= 0.6 is 0 Å². The van der Waals surface area contributed by atoms with Crippen molar-refractivity contribution in [2.75, 3.05) is 19.8 Å². The zero-order chi connectivity index (χ0) is 11.4. The van der Waals surface area contributed by atoms with E-state index >= 15 is 0 Å². The number of hydrogen-bond acceptors (Lipinski definition) is 4. The summed E-state index contributed by atoms with van der Waals surface area (Å²) < 4.78 is 10.3. The van der Waals surface area contributed by atoms with Crippen LogP contribution in [0, 0.1) is 0 Å². The van der Waals surface area contributed by atoms with E-state index in [1.165, 1.54) is 6.26 Å². The van der Waals surface area contributed by atoms with Gasteiger partial charge in [-0.25, -0.2) is 0 Å². The maximum absolute atomic E-state index is 11.8. The van der Waals surface area contributed by atoms with Gasteiger partial charge in [0.1, 0.15) is 0 Å². The van der Waals surface area contributed by atoms with Crippen molar-refractivity contribution in [2.24, 2.45) is 5.73 Å². The molecular weight excluding hydrogens is 208 g/mol. The van der Waals surface area contributed by atoms with Crippen LogP contribution in [-0.4, -0.2) is 31.2 Å². The molecule has 0 saturated carbocycles. The van der Waals surface area contributed by atoms with Crippen LogP contribution < -0.4 is 11.1 Å². The van der Waals surface area contributed by atoms with Crippen LogP contribution in [0.1, 0.15) is 23.4 Å². The molecule has 1 aromatic rings. The van der Waals surface area contributed by atoms with Crippen molar-refractivity contribution in [1.82, 2.24) is 5.32 Å². The van der Waals surface area contributed by atoms with Crippen LogP contribution in [0.3, 0.4) is 0 Å². The molecule has 2 rings (SSSR count). The molecule has 88 valence electrons. The lowest BCUT2D eigenvalue weighted by atomic mass is 9.90. The Bertz CT molecular complexity index is 342. The zero-order valence-corrected chi connectivity index (χ0v) is 9.07. The second kappa shape index (κ2) is 4.67. The van der Waals surface area contributed by atoms with E-state index in [0.717, 1.165) is 12.8 Å². The summed E-state index contributed by atoms with van der Waals surface area (Å²) in [6.45, 7) is 1.69. The lowest BCUT2D eigenvalue weighted by molar-refractivity contribution is 0.0380. The molecule has 1 saturated heterocycles. The van der Waals surface area contributed by atoms with Crippen molar-refractivity contribution in [1.29, 1.82) is 0 Å². The van der Waals surface area contributed by atoms with Crippen molar-refractivity contribution >= 4 is 5.91 Å². The summed E-state index contributed by atoms with van der Waals surface area (Å²) in [6.07, 6.45) is 2.97. The van der Waals surface area contributed by atoms with Gasteiger partial charge in [-0.3, -0.25) is 4.79 Å². The Hall–Kier alpha value is -1.33. The Balaban J connectivity index is 2.03. The van der Waals surface area contributed by atoms with E-state index in [9.17, 15) is 4.79 Å². The van der Waals surface area contributed by atoms with Gasteiger partial charge in [-0.2, -0.15) is 0 Å². The summed E-state index contributed by atoms with van der Waals surface area (Å²) in [5, 5.41) is 2.95. The van der Waals surface area contributed by atoms with E-state index in [-0.39, 0.29) is 11.4 Å². The Labute approximate surface area is 93.9 Å². The SMILES string of the molecule is NCC1(NC(=O)c2ccco2)CCOCC1. The lowest BCUT2D eigenvalue weighted by Crippen LogP contribution is -2.56. The molecule has 0 aliphatic carbocycles. The van der Waals surface area contributed by atoms with Gasteiger partial charge in [-0.05, 0) is 25.0 Å². The predicted octanol–water partition coefficient (Wildman–Crippen LogP) is 0.517. The predicted molar refractivity (Wildman–Crippen MR) is 58.0 cm³/mol. The minimum absolute atomic E-state index is 0.211. The number of nitrogens with one attached hydrogen (secondary N) is 1. The van der Waals surface area contributed by atoms with Crippen LogP contribution in [0.2, 0.25) is 0 Å². The van der Waals surface area contributed by atoms with Crippen molar-refractivity contribution in [3.63, 3.8) is 0 Å². The third-order valence-corrected chi connectivity index (χ3v) is 2.96. The zero-order valence-electron chi connectivity index (χ0n) is 9.07. The van der Waals surface area contributed by atoms with Gasteiger partial charge in [0, 0.05) is 19.8 Å². The first-order valence-electron chi connectivity index (χ1n) is 5.40. The fourth-order valence-corrected chi connectivity index (χ4v) is 1.85. The Morgan fingerprint density at radius 3 is 2.81 bits per heavy atom. The van der Waals surface area contributed by atoms with E-state index < -0.39 is 0 Å². The van der Waals surface area contributed by atoms with Crippen LogP contribution in [-0.2, 0) is 4.74 Å². The van der Waals surface area contributed by atoms with Crippen molar-refractivity contribution < 1.29 is 13.9 Å². The van der Waals surface area contributed by atoms with Crippen molar-refractivity contribution in [3.05, 3.63) is 24.2 Å². The van der Waals surface area contributed by atoms with Crippen molar-refractivity contribution in [3.8, 4) is 0 Å². The van der Waals surface area contributed by atoms with Gasteiger partial charge < -0.3 is 20.2 Å². The van der Waals surface area contributed by atoms with Gasteiger partial charge in [0.05, 0.1) is 11.8 Å². The first-order valence-corrected chi connectivity index (χ1v) is 5.40. The molecule has 5 heteroatoms. The molecule has 1 amide bonds. The van der Waals surface area contributed by atoms with E-state index in [1.807, 2.05) is 0 Å². The van der Waals surface area contributed by atoms with Crippen LogP contribution in [0.5, 0.6) is 0 Å². The lowest BCUT2D eigenvalue weighted by Gasteiger charge is -2.36. The summed E-state index contributed by atoms with van der Waals surface area (Å²) in [7, 11) is 0. The number of furan rings is 1. The van der Waals surface area contributed by atoms with E-state index in [1.54, 1.807) is 12.1 Å². The van der Waals surface area contributed by atoms with Gasteiger partial charge >= 0.3 is 0 Å². The van der Waals surface area contributed by atoms with Gasteiger partial charge in [-0.15, -0.1) is 0 Å². The average molecular weight is 224 g/mol. The maximum Gasteiger partial charge on any atom is 0.287 e. The molecular formula is C11H16N2O3. The first-order chi connectivity index (χ1) is 7.76. The molecule has 16 heavy (non-hydrogen) atoms. The Morgan fingerprint density at radius 1 is 1.50 bits per heavy atom. The molecule has 5 nitrogen and oxygen atoms in total. The number of rotatable bonds is 3. The number of nitrogens with two attached hydrogens (primary N) is 1. The number of carbonyl (C=O) groups excluding carboxylic acids is 1. The van der Waals surface area contributed by atoms with Gasteiger partial charge in [0.15, 0.2) is 5.76 Å². The van der Waals surface area contributed by atoms with Crippen molar-refractivity contribution in [2.45, 2.75) is 18.4 Å². The molecule has 0 aromatic carbocycles. The first kappa shape index (κ1) is 11.2. The van der Waals surface area contributed by atoms with E-state index in [0.29, 0.717) is 25.5 Å². The molecule has 3 N–H and O–H groups in total. The quantitative estimate of drug-likeness (QED) is 0.784. The Morgan fingerprint density at radius 2 is 2.25 bits per heavy atom. The summed E-state index contributed by atoms with van der Waals surface area (Å²) in [6, 6.07) is 3.33. The topological polar surface area (TPSA) is 77.5 Å².